The van der Waals surface area contributed by atoms with Gasteiger partial charge in [-0.2, -0.15) is 0 Å². The molecule has 0 radical (unpaired) electrons. The van der Waals surface area contributed by atoms with Crippen molar-refractivity contribution in [2.45, 2.75) is 13.5 Å². The summed E-state index contributed by atoms with van der Waals surface area (Å²) in [7, 11) is 0. The van der Waals surface area contributed by atoms with Crippen LogP contribution < -0.4 is 15.5 Å². The van der Waals surface area contributed by atoms with Gasteiger partial charge in [0, 0.05) is 61.6 Å². The lowest BCUT2D eigenvalue weighted by molar-refractivity contribution is 0.650. The highest BCUT2D eigenvalue weighted by Crippen LogP contribution is 2.23. The van der Waals surface area contributed by atoms with E-state index in [-0.39, 0.29) is 0 Å². The van der Waals surface area contributed by atoms with Crippen LogP contribution in [0.25, 0.3) is 0 Å². The van der Waals surface area contributed by atoms with Crippen LogP contribution in [0.3, 0.4) is 0 Å². The second-order valence-corrected chi connectivity index (χ2v) is 5.47. The molecule has 0 unspecified atom stereocenters. The highest BCUT2D eigenvalue weighted by atomic mass is 15.3. The average Bonchev–Trinajstić information content (AvgIpc) is 2.56. The van der Waals surface area contributed by atoms with Crippen molar-refractivity contribution < 1.29 is 0 Å². The molecule has 1 aliphatic heterocycles. The molecule has 0 amide bonds. The number of para-hydroxylation sites is 1. The van der Waals surface area contributed by atoms with Gasteiger partial charge in [0.15, 0.2) is 0 Å². The van der Waals surface area contributed by atoms with Gasteiger partial charge in [-0.1, -0.05) is 18.2 Å². The Morgan fingerprint density at radius 2 is 1.71 bits per heavy atom. The van der Waals surface area contributed by atoms with Gasteiger partial charge in [0.25, 0.3) is 0 Å². The van der Waals surface area contributed by atoms with E-state index in [1.807, 2.05) is 13.1 Å². The Bertz CT molecular complexity index is 589. The second kappa shape index (κ2) is 6.14. The minimum atomic E-state index is 0.543. The van der Waals surface area contributed by atoms with Crippen LogP contribution in [-0.2, 0) is 6.54 Å². The van der Waals surface area contributed by atoms with Crippen LogP contribution in [0.15, 0.2) is 42.6 Å². The molecule has 2 heterocycles. The largest absolute Gasteiger partial charge is 0.368 e. The Labute approximate surface area is 126 Å². The summed E-state index contributed by atoms with van der Waals surface area (Å²) < 4.78 is 0. The molecule has 0 aliphatic carbocycles. The third kappa shape index (κ3) is 3.00. The molecule has 0 saturated carbocycles. The molecule has 110 valence electrons. The minimum Gasteiger partial charge on any atom is -0.368 e. The number of nitrogens with two attached hydrogens (primary N) is 1. The summed E-state index contributed by atoms with van der Waals surface area (Å²) in [5.74, 6) is 0. The number of nitrogens with zero attached hydrogens (tertiary/aromatic N) is 3. The summed E-state index contributed by atoms with van der Waals surface area (Å²) in [4.78, 5) is 9.21. The molecule has 1 saturated heterocycles. The molecule has 0 bridgehead atoms. The molecule has 1 aromatic heterocycles. The summed E-state index contributed by atoms with van der Waals surface area (Å²) in [6.45, 7) is 6.69. The number of pyridine rings is 1. The first-order chi connectivity index (χ1) is 10.3. The zero-order valence-electron chi connectivity index (χ0n) is 12.5. The predicted octanol–water partition coefficient (Wildman–Crippen LogP) is 2.18. The van der Waals surface area contributed by atoms with E-state index in [1.165, 1.54) is 11.4 Å². The molecule has 21 heavy (non-hydrogen) atoms. The van der Waals surface area contributed by atoms with Crippen molar-refractivity contribution in [1.82, 2.24) is 4.98 Å². The quantitative estimate of drug-likeness (QED) is 0.937. The second-order valence-electron chi connectivity index (χ2n) is 5.47. The van der Waals surface area contributed by atoms with E-state index in [0.717, 1.165) is 37.4 Å². The van der Waals surface area contributed by atoms with Crippen LogP contribution >= 0.6 is 0 Å². The van der Waals surface area contributed by atoms with E-state index in [1.54, 1.807) is 0 Å². The first-order valence-electron chi connectivity index (χ1n) is 7.48. The van der Waals surface area contributed by atoms with E-state index in [0.29, 0.717) is 6.54 Å². The monoisotopic (exact) mass is 282 g/mol. The maximum atomic E-state index is 5.85. The minimum absolute atomic E-state index is 0.543. The maximum absolute atomic E-state index is 5.85. The SMILES string of the molecule is Cc1cc(N2CCN(c3ccccc3)CC2)c(CN)cn1. The van der Waals surface area contributed by atoms with Gasteiger partial charge in [-0.05, 0) is 25.1 Å². The third-order valence-corrected chi connectivity index (χ3v) is 4.06. The van der Waals surface area contributed by atoms with Crippen molar-refractivity contribution in [3.8, 4) is 0 Å². The molecule has 3 rings (SSSR count). The molecule has 1 aliphatic rings. The molecule has 4 heteroatoms. The predicted molar refractivity (Wildman–Crippen MR) is 87.7 cm³/mol. The molecule has 2 aromatic rings. The van der Waals surface area contributed by atoms with Crippen LogP contribution in [0, 0.1) is 6.92 Å². The number of rotatable bonds is 3. The normalized spacial score (nSPS) is 15.3. The highest BCUT2D eigenvalue weighted by molar-refractivity contribution is 5.56. The highest BCUT2D eigenvalue weighted by Gasteiger charge is 2.19. The number of hydrogen-bond donors (Lipinski definition) is 1. The van der Waals surface area contributed by atoms with E-state index < -0.39 is 0 Å². The van der Waals surface area contributed by atoms with Gasteiger partial charge >= 0.3 is 0 Å². The number of aromatic nitrogens is 1. The fourth-order valence-corrected chi connectivity index (χ4v) is 2.87. The van der Waals surface area contributed by atoms with Gasteiger partial charge in [0.05, 0.1) is 0 Å². The fraction of sp³-hybridized carbons (Fsp3) is 0.353. The third-order valence-electron chi connectivity index (χ3n) is 4.06. The first kappa shape index (κ1) is 13.9. The summed E-state index contributed by atoms with van der Waals surface area (Å²) >= 11 is 0. The van der Waals surface area contributed by atoms with E-state index in [4.69, 9.17) is 5.73 Å². The van der Waals surface area contributed by atoms with Crippen LogP contribution in [-0.4, -0.2) is 31.2 Å². The lowest BCUT2D eigenvalue weighted by atomic mass is 10.1. The summed E-state index contributed by atoms with van der Waals surface area (Å²) in [5, 5.41) is 0. The van der Waals surface area contributed by atoms with E-state index in [9.17, 15) is 0 Å². The molecule has 0 spiro atoms. The molecule has 1 fully saturated rings. The zero-order chi connectivity index (χ0) is 14.7. The van der Waals surface area contributed by atoms with Gasteiger partial charge in [-0.15, -0.1) is 0 Å². The number of hydrogen-bond acceptors (Lipinski definition) is 4. The van der Waals surface area contributed by atoms with Crippen LogP contribution in [0.1, 0.15) is 11.3 Å². The first-order valence-corrected chi connectivity index (χ1v) is 7.48. The molecular weight excluding hydrogens is 260 g/mol. The van der Waals surface area contributed by atoms with Crippen molar-refractivity contribution in [3.63, 3.8) is 0 Å². The lowest BCUT2D eigenvalue weighted by Gasteiger charge is -2.38. The standard InChI is InChI=1S/C17H22N4/c1-14-11-17(15(12-18)13-19-14)21-9-7-20(8-10-21)16-5-3-2-4-6-16/h2-6,11,13H,7-10,12,18H2,1H3. The molecule has 0 atom stereocenters. The summed E-state index contributed by atoms with van der Waals surface area (Å²) in [6.07, 6.45) is 1.91. The smallest absolute Gasteiger partial charge is 0.0446 e. The van der Waals surface area contributed by atoms with Gasteiger partial charge in [-0.3, -0.25) is 4.98 Å². The van der Waals surface area contributed by atoms with Crippen molar-refractivity contribution in [2.24, 2.45) is 5.73 Å². The van der Waals surface area contributed by atoms with Crippen LogP contribution in [0.5, 0.6) is 0 Å². The van der Waals surface area contributed by atoms with E-state index in [2.05, 4.69) is 51.2 Å². The molecule has 1 aromatic carbocycles. The molecular formula is C17H22N4. The zero-order valence-corrected chi connectivity index (χ0v) is 12.5. The van der Waals surface area contributed by atoms with Crippen molar-refractivity contribution in [1.29, 1.82) is 0 Å². The Morgan fingerprint density at radius 1 is 1.05 bits per heavy atom. The Hall–Kier alpha value is -2.07. The van der Waals surface area contributed by atoms with Gasteiger partial charge in [-0.25, -0.2) is 0 Å². The van der Waals surface area contributed by atoms with Gasteiger partial charge in [0.1, 0.15) is 0 Å². The van der Waals surface area contributed by atoms with Crippen LogP contribution in [0.4, 0.5) is 11.4 Å². The topological polar surface area (TPSA) is 45.4 Å². The van der Waals surface area contributed by atoms with Crippen molar-refractivity contribution in [2.75, 3.05) is 36.0 Å². The number of aryl methyl sites for hydroxylation is 1. The fourth-order valence-electron chi connectivity index (χ4n) is 2.87. The summed E-state index contributed by atoms with van der Waals surface area (Å²) in [6, 6.07) is 12.8. The number of benzene rings is 1. The number of piperazine rings is 1. The van der Waals surface area contributed by atoms with Gasteiger partial charge < -0.3 is 15.5 Å². The maximum Gasteiger partial charge on any atom is 0.0446 e. The Balaban J connectivity index is 1.73. The molecule has 4 nitrogen and oxygen atoms in total. The lowest BCUT2D eigenvalue weighted by Crippen LogP contribution is -2.47. The Morgan fingerprint density at radius 3 is 2.38 bits per heavy atom. The number of anilines is 2. The Kier molecular flexibility index (Phi) is 4.06. The van der Waals surface area contributed by atoms with Gasteiger partial charge in [0.2, 0.25) is 0 Å². The van der Waals surface area contributed by atoms with Crippen molar-refractivity contribution in [3.05, 3.63) is 53.9 Å². The van der Waals surface area contributed by atoms with Crippen LogP contribution in [0.2, 0.25) is 0 Å². The van der Waals surface area contributed by atoms with Crippen molar-refractivity contribution >= 4 is 11.4 Å². The average molecular weight is 282 g/mol. The molecule has 2 N–H and O–H groups in total. The summed E-state index contributed by atoms with van der Waals surface area (Å²) in [5.41, 5.74) is 10.6. The van der Waals surface area contributed by atoms with E-state index >= 15 is 0 Å².